The molecule has 1 nitrogen and oxygen atoms in total. The predicted molar refractivity (Wildman–Crippen MR) is 72.9 cm³/mol. The molecule has 0 bridgehead atoms. The van der Waals surface area contributed by atoms with E-state index in [2.05, 4.69) is 11.8 Å². The number of hydrogen-bond acceptors (Lipinski definition) is 1. The van der Waals surface area contributed by atoms with Crippen LogP contribution >= 0.6 is 11.6 Å². The summed E-state index contributed by atoms with van der Waals surface area (Å²) < 4.78 is 0. The Morgan fingerprint density at radius 3 is 2.53 bits per heavy atom. The quantitative estimate of drug-likeness (QED) is 0.600. The van der Waals surface area contributed by atoms with E-state index in [9.17, 15) is 0 Å². The summed E-state index contributed by atoms with van der Waals surface area (Å²) in [5.74, 6) is 6.20. The van der Waals surface area contributed by atoms with Crippen LogP contribution in [0.25, 0.3) is 0 Å². The van der Waals surface area contributed by atoms with E-state index in [1.54, 1.807) is 6.07 Å². The number of rotatable bonds is 1. The standard InChI is InChI=1S/C15H12ClN/c16-14-10-9-13(15(17)11-14)8-4-7-12-5-2-1-3-6-12/h1-3,5-6,9-11H,8,17H2. The highest BCUT2D eigenvalue weighted by Crippen LogP contribution is 2.18. The van der Waals surface area contributed by atoms with Gasteiger partial charge in [0.05, 0.1) is 0 Å². The van der Waals surface area contributed by atoms with Crippen LogP contribution in [-0.4, -0.2) is 0 Å². The lowest BCUT2D eigenvalue weighted by atomic mass is 10.1. The van der Waals surface area contributed by atoms with Crippen LogP contribution in [0.4, 0.5) is 5.69 Å². The van der Waals surface area contributed by atoms with Crippen molar-refractivity contribution in [3.63, 3.8) is 0 Å². The SMILES string of the molecule is Nc1cc(Cl)ccc1CC#Cc1ccccc1. The fourth-order valence-corrected chi connectivity index (χ4v) is 1.67. The van der Waals surface area contributed by atoms with Crippen LogP contribution in [-0.2, 0) is 6.42 Å². The lowest BCUT2D eigenvalue weighted by Gasteiger charge is -2.01. The summed E-state index contributed by atoms with van der Waals surface area (Å²) >= 11 is 5.83. The molecule has 84 valence electrons. The molecule has 0 heterocycles. The molecule has 0 aliphatic rings. The van der Waals surface area contributed by atoms with Crippen molar-refractivity contribution in [2.24, 2.45) is 0 Å². The average molecular weight is 242 g/mol. The van der Waals surface area contributed by atoms with Gasteiger partial charge in [-0.05, 0) is 29.8 Å². The lowest BCUT2D eigenvalue weighted by Crippen LogP contribution is -1.92. The summed E-state index contributed by atoms with van der Waals surface area (Å²) in [6, 6.07) is 15.4. The smallest absolute Gasteiger partial charge is 0.0426 e. The first-order valence-corrected chi connectivity index (χ1v) is 5.71. The van der Waals surface area contributed by atoms with E-state index in [4.69, 9.17) is 17.3 Å². The van der Waals surface area contributed by atoms with Crippen molar-refractivity contribution in [3.8, 4) is 11.8 Å². The second kappa shape index (κ2) is 5.43. The fraction of sp³-hybridized carbons (Fsp3) is 0.0667. The van der Waals surface area contributed by atoms with Gasteiger partial charge in [-0.2, -0.15) is 0 Å². The maximum atomic E-state index is 5.85. The Kier molecular flexibility index (Phi) is 3.69. The predicted octanol–water partition coefficient (Wildman–Crippen LogP) is 3.52. The number of hydrogen-bond donors (Lipinski definition) is 1. The number of anilines is 1. The third kappa shape index (κ3) is 3.27. The minimum Gasteiger partial charge on any atom is -0.398 e. The van der Waals surface area contributed by atoms with E-state index in [1.165, 1.54) is 0 Å². The van der Waals surface area contributed by atoms with Gasteiger partial charge in [0.2, 0.25) is 0 Å². The molecule has 0 unspecified atom stereocenters. The molecule has 2 rings (SSSR count). The molecule has 2 aromatic carbocycles. The number of nitrogens with two attached hydrogens (primary N) is 1. The molecule has 0 atom stereocenters. The van der Waals surface area contributed by atoms with E-state index in [-0.39, 0.29) is 0 Å². The van der Waals surface area contributed by atoms with Crippen molar-refractivity contribution < 1.29 is 0 Å². The molecule has 0 aliphatic carbocycles. The van der Waals surface area contributed by atoms with Crippen LogP contribution in [0.2, 0.25) is 5.02 Å². The van der Waals surface area contributed by atoms with Crippen LogP contribution in [0.5, 0.6) is 0 Å². The monoisotopic (exact) mass is 241 g/mol. The van der Waals surface area contributed by atoms with E-state index in [0.717, 1.165) is 11.1 Å². The second-order valence-corrected chi connectivity index (χ2v) is 4.12. The van der Waals surface area contributed by atoms with Crippen molar-refractivity contribution in [2.45, 2.75) is 6.42 Å². The molecule has 0 spiro atoms. The first kappa shape index (κ1) is 11.6. The van der Waals surface area contributed by atoms with Gasteiger partial charge >= 0.3 is 0 Å². The third-order valence-electron chi connectivity index (χ3n) is 2.39. The maximum Gasteiger partial charge on any atom is 0.0426 e. The Hall–Kier alpha value is -1.91. The number of nitrogen functional groups attached to an aromatic ring is 1. The van der Waals surface area contributed by atoms with Crippen LogP contribution in [0.1, 0.15) is 11.1 Å². The fourth-order valence-electron chi connectivity index (χ4n) is 1.49. The van der Waals surface area contributed by atoms with E-state index >= 15 is 0 Å². The Morgan fingerprint density at radius 2 is 1.82 bits per heavy atom. The summed E-state index contributed by atoms with van der Waals surface area (Å²) in [6.45, 7) is 0. The number of benzene rings is 2. The van der Waals surface area contributed by atoms with Crippen LogP contribution in [0, 0.1) is 11.8 Å². The zero-order chi connectivity index (χ0) is 12.1. The van der Waals surface area contributed by atoms with Gasteiger partial charge in [-0.1, -0.05) is 47.7 Å². The Bertz CT molecular complexity index is 564. The second-order valence-electron chi connectivity index (χ2n) is 3.69. The maximum absolute atomic E-state index is 5.85. The number of halogens is 1. The van der Waals surface area contributed by atoms with Crippen molar-refractivity contribution in [3.05, 3.63) is 64.7 Å². The van der Waals surface area contributed by atoms with Crippen molar-refractivity contribution in [1.82, 2.24) is 0 Å². The molecule has 0 saturated heterocycles. The van der Waals surface area contributed by atoms with Crippen LogP contribution < -0.4 is 5.73 Å². The Morgan fingerprint density at radius 1 is 1.06 bits per heavy atom. The van der Waals surface area contributed by atoms with Crippen LogP contribution in [0.15, 0.2) is 48.5 Å². The van der Waals surface area contributed by atoms with Gasteiger partial charge in [-0.3, -0.25) is 0 Å². The van der Waals surface area contributed by atoms with Gasteiger partial charge in [-0.25, -0.2) is 0 Å². The van der Waals surface area contributed by atoms with Crippen molar-refractivity contribution >= 4 is 17.3 Å². The van der Waals surface area contributed by atoms with Gasteiger partial charge in [-0.15, -0.1) is 0 Å². The molecule has 0 amide bonds. The third-order valence-corrected chi connectivity index (χ3v) is 2.63. The summed E-state index contributed by atoms with van der Waals surface area (Å²) in [5.41, 5.74) is 8.57. The molecule has 17 heavy (non-hydrogen) atoms. The molecule has 0 aromatic heterocycles. The minimum absolute atomic E-state index is 0.637. The highest BCUT2D eigenvalue weighted by atomic mass is 35.5. The van der Waals surface area contributed by atoms with E-state index in [1.807, 2.05) is 42.5 Å². The van der Waals surface area contributed by atoms with Gasteiger partial charge in [0.15, 0.2) is 0 Å². The lowest BCUT2D eigenvalue weighted by molar-refractivity contribution is 1.32. The summed E-state index contributed by atoms with van der Waals surface area (Å²) in [7, 11) is 0. The van der Waals surface area contributed by atoms with E-state index in [0.29, 0.717) is 17.1 Å². The average Bonchev–Trinajstić information content (AvgIpc) is 2.33. The zero-order valence-electron chi connectivity index (χ0n) is 9.28. The Labute approximate surface area is 106 Å². The summed E-state index contributed by atoms with van der Waals surface area (Å²) in [5, 5.41) is 0.655. The largest absolute Gasteiger partial charge is 0.398 e. The highest BCUT2D eigenvalue weighted by Gasteiger charge is 1.97. The molecule has 0 fully saturated rings. The first-order chi connectivity index (χ1) is 8.25. The van der Waals surface area contributed by atoms with Gasteiger partial charge in [0.1, 0.15) is 0 Å². The molecule has 0 aliphatic heterocycles. The topological polar surface area (TPSA) is 26.0 Å². The summed E-state index contributed by atoms with van der Waals surface area (Å²) in [4.78, 5) is 0. The first-order valence-electron chi connectivity index (χ1n) is 5.33. The zero-order valence-corrected chi connectivity index (χ0v) is 10.0. The minimum atomic E-state index is 0.637. The molecule has 2 heteroatoms. The molecule has 0 radical (unpaired) electrons. The van der Waals surface area contributed by atoms with E-state index < -0.39 is 0 Å². The van der Waals surface area contributed by atoms with Gasteiger partial charge in [0, 0.05) is 22.7 Å². The normalized spacial score (nSPS) is 9.47. The van der Waals surface area contributed by atoms with Gasteiger partial charge < -0.3 is 5.73 Å². The summed E-state index contributed by atoms with van der Waals surface area (Å²) in [6.07, 6.45) is 0.637. The molecular weight excluding hydrogens is 230 g/mol. The van der Waals surface area contributed by atoms with Crippen molar-refractivity contribution in [1.29, 1.82) is 0 Å². The Balaban J connectivity index is 2.11. The molecule has 2 N–H and O–H groups in total. The molecular formula is C15H12ClN. The highest BCUT2D eigenvalue weighted by molar-refractivity contribution is 6.30. The van der Waals surface area contributed by atoms with Crippen molar-refractivity contribution in [2.75, 3.05) is 5.73 Å². The molecule has 0 saturated carbocycles. The van der Waals surface area contributed by atoms with Gasteiger partial charge in [0.25, 0.3) is 0 Å². The molecule has 2 aromatic rings. The van der Waals surface area contributed by atoms with Crippen LogP contribution in [0.3, 0.4) is 0 Å².